The molecular weight excluding hydrogens is 390 g/mol. The maximum Gasteiger partial charge on any atom is 0.220 e. The number of benzene rings is 2. The van der Waals surface area contributed by atoms with E-state index in [0.29, 0.717) is 13.0 Å². The monoisotopic (exact) mass is 421 g/mol. The quantitative estimate of drug-likeness (QED) is 0.546. The van der Waals surface area contributed by atoms with Crippen LogP contribution in [0.5, 0.6) is 0 Å². The Balaban J connectivity index is 1.16. The summed E-state index contributed by atoms with van der Waals surface area (Å²) in [7, 11) is 0. The molecular formula is C25H31N3OS. The summed E-state index contributed by atoms with van der Waals surface area (Å²) in [6.45, 7) is 6.39. The fourth-order valence-electron chi connectivity index (χ4n) is 3.96. The molecule has 0 aliphatic carbocycles. The van der Waals surface area contributed by atoms with Crippen LogP contribution in [0.1, 0.15) is 48.7 Å². The van der Waals surface area contributed by atoms with E-state index in [9.17, 15) is 4.79 Å². The number of aryl methyl sites for hydroxylation is 1. The lowest BCUT2D eigenvalue weighted by Gasteiger charge is -2.30. The molecule has 1 saturated heterocycles. The van der Waals surface area contributed by atoms with Crippen LogP contribution in [0, 0.1) is 5.92 Å². The summed E-state index contributed by atoms with van der Waals surface area (Å²) >= 11 is 1.73. The molecule has 0 atom stereocenters. The lowest BCUT2D eigenvalue weighted by atomic mass is 9.99. The van der Waals surface area contributed by atoms with E-state index in [-0.39, 0.29) is 5.91 Å². The fourth-order valence-corrected chi connectivity index (χ4v) is 4.97. The van der Waals surface area contributed by atoms with Gasteiger partial charge in [0.1, 0.15) is 0 Å². The number of rotatable bonds is 8. The molecule has 1 fully saturated rings. The van der Waals surface area contributed by atoms with Crippen LogP contribution in [0.4, 0.5) is 0 Å². The van der Waals surface area contributed by atoms with Crippen molar-refractivity contribution in [3.05, 3.63) is 64.7 Å². The van der Waals surface area contributed by atoms with Gasteiger partial charge in [-0.2, -0.15) is 0 Å². The molecule has 3 aromatic rings. The van der Waals surface area contributed by atoms with Gasteiger partial charge in [0.25, 0.3) is 0 Å². The van der Waals surface area contributed by atoms with Crippen molar-refractivity contribution in [2.24, 2.45) is 5.92 Å². The molecule has 0 bridgehead atoms. The van der Waals surface area contributed by atoms with Crippen LogP contribution in [0.15, 0.2) is 48.5 Å². The minimum atomic E-state index is 0.114. The Bertz CT molecular complexity index is 925. The maximum absolute atomic E-state index is 12.2. The second-order valence-electron chi connectivity index (χ2n) is 8.48. The summed E-state index contributed by atoms with van der Waals surface area (Å²) in [5.74, 6) is 0.982. The Hall–Kier alpha value is -2.24. The molecule has 2 heterocycles. The van der Waals surface area contributed by atoms with Gasteiger partial charge < -0.3 is 5.32 Å². The summed E-state index contributed by atoms with van der Waals surface area (Å²) in [5.41, 5.74) is 3.57. The molecule has 1 aliphatic heterocycles. The number of hydrogen-bond acceptors (Lipinski definition) is 4. The van der Waals surface area contributed by atoms with E-state index in [4.69, 9.17) is 0 Å². The maximum atomic E-state index is 12.2. The minimum absolute atomic E-state index is 0.114. The van der Waals surface area contributed by atoms with E-state index in [1.165, 1.54) is 36.2 Å². The number of fused-ring (bicyclic) bond motifs is 1. The smallest absolute Gasteiger partial charge is 0.220 e. The molecule has 158 valence electrons. The molecule has 5 heteroatoms. The number of piperidine rings is 1. The average Bonchev–Trinajstić information content (AvgIpc) is 3.18. The number of nitrogens with one attached hydrogen (secondary N) is 1. The van der Waals surface area contributed by atoms with Crippen molar-refractivity contribution in [2.75, 3.05) is 13.1 Å². The van der Waals surface area contributed by atoms with Crippen molar-refractivity contribution in [3.8, 4) is 0 Å². The number of hydrogen-bond donors (Lipinski definition) is 1. The van der Waals surface area contributed by atoms with Gasteiger partial charge in [0.2, 0.25) is 5.91 Å². The van der Waals surface area contributed by atoms with Crippen LogP contribution in [0.3, 0.4) is 0 Å². The molecule has 2 aromatic carbocycles. The standard InChI is InChI=1S/C25H31N3OS/c1-19-13-15-28(16-14-19)18-21-11-9-20(10-12-21)17-26-24(29)7-4-8-25-27-22-5-2-3-6-23(22)30-25/h2-3,5-6,9-12,19H,4,7-8,13-18H2,1H3,(H,26,29). The number of carbonyl (C=O) groups is 1. The Morgan fingerprint density at radius 2 is 1.83 bits per heavy atom. The SMILES string of the molecule is CC1CCN(Cc2ccc(CNC(=O)CCCc3nc4ccccc4s3)cc2)CC1. The summed E-state index contributed by atoms with van der Waals surface area (Å²) in [6, 6.07) is 16.9. The average molecular weight is 422 g/mol. The van der Waals surface area contributed by atoms with Crippen molar-refractivity contribution in [3.63, 3.8) is 0 Å². The predicted molar refractivity (Wildman–Crippen MR) is 125 cm³/mol. The number of para-hydroxylation sites is 1. The number of carbonyl (C=O) groups excluding carboxylic acids is 1. The van der Waals surface area contributed by atoms with E-state index in [1.807, 2.05) is 18.2 Å². The molecule has 0 radical (unpaired) electrons. The first-order chi connectivity index (χ1) is 14.7. The van der Waals surface area contributed by atoms with Crippen LogP contribution in [-0.4, -0.2) is 28.9 Å². The molecule has 0 saturated carbocycles. The first-order valence-corrected chi connectivity index (χ1v) is 11.9. The number of likely N-dealkylation sites (tertiary alicyclic amines) is 1. The molecule has 4 nitrogen and oxygen atoms in total. The van der Waals surface area contributed by atoms with Crippen LogP contribution >= 0.6 is 11.3 Å². The molecule has 1 amide bonds. The first-order valence-electron chi connectivity index (χ1n) is 11.1. The molecule has 4 rings (SSSR count). The van der Waals surface area contributed by atoms with Gasteiger partial charge in [-0.1, -0.05) is 43.3 Å². The van der Waals surface area contributed by atoms with Crippen molar-refractivity contribution in [2.45, 2.75) is 52.1 Å². The Labute approximate surface area is 183 Å². The number of nitrogens with zero attached hydrogens (tertiary/aromatic N) is 2. The Morgan fingerprint density at radius 3 is 2.60 bits per heavy atom. The number of thiazole rings is 1. The van der Waals surface area contributed by atoms with Crippen molar-refractivity contribution in [1.29, 1.82) is 0 Å². The largest absolute Gasteiger partial charge is 0.352 e. The van der Waals surface area contributed by atoms with Crippen LogP contribution < -0.4 is 5.32 Å². The van der Waals surface area contributed by atoms with Gasteiger partial charge in [0.15, 0.2) is 0 Å². The Kier molecular flexibility index (Phi) is 7.13. The number of aromatic nitrogens is 1. The third-order valence-corrected chi connectivity index (χ3v) is 7.02. The van der Waals surface area contributed by atoms with Crippen molar-refractivity contribution < 1.29 is 4.79 Å². The number of amides is 1. The molecule has 0 spiro atoms. The second-order valence-corrected chi connectivity index (χ2v) is 9.60. The fraction of sp³-hybridized carbons (Fsp3) is 0.440. The van der Waals surface area contributed by atoms with Gasteiger partial charge in [0.05, 0.1) is 15.2 Å². The highest BCUT2D eigenvalue weighted by atomic mass is 32.1. The van der Waals surface area contributed by atoms with Gasteiger partial charge in [-0.15, -0.1) is 11.3 Å². The summed E-state index contributed by atoms with van der Waals surface area (Å²) in [5, 5.41) is 4.16. The lowest BCUT2D eigenvalue weighted by molar-refractivity contribution is -0.121. The van der Waals surface area contributed by atoms with Gasteiger partial charge >= 0.3 is 0 Å². The predicted octanol–water partition coefficient (Wildman–Crippen LogP) is 5.17. The zero-order chi connectivity index (χ0) is 20.8. The third-order valence-electron chi connectivity index (χ3n) is 5.93. The van der Waals surface area contributed by atoms with Gasteiger partial charge in [-0.05, 0) is 68.0 Å². The normalized spacial score (nSPS) is 15.5. The highest BCUT2D eigenvalue weighted by molar-refractivity contribution is 7.18. The third kappa shape index (κ3) is 5.89. The second kappa shape index (κ2) is 10.2. The van der Waals surface area contributed by atoms with E-state index in [1.54, 1.807) is 11.3 Å². The molecule has 1 aliphatic rings. The zero-order valence-corrected chi connectivity index (χ0v) is 18.6. The summed E-state index contributed by atoms with van der Waals surface area (Å²) in [6.07, 6.45) is 4.85. The molecule has 1 aromatic heterocycles. The van der Waals surface area contributed by atoms with E-state index >= 15 is 0 Å². The van der Waals surface area contributed by atoms with Crippen molar-refractivity contribution in [1.82, 2.24) is 15.2 Å². The highest BCUT2D eigenvalue weighted by Gasteiger charge is 2.15. The lowest BCUT2D eigenvalue weighted by Crippen LogP contribution is -2.32. The first kappa shape index (κ1) is 21.0. The van der Waals surface area contributed by atoms with Crippen LogP contribution in [0.25, 0.3) is 10.2 Å². The van der Waals surface area contributed by atoms with Crippen LogP contribution in [-0.2, 0) is 24.3 Å². The van der Waals surface area contributed by atoms with E-state index in [2.05, 4.69) is 52.5 Å². The summed E-state index contributed by atoms with van der Waals surface area (Å²) in [4.78, 5) is 19.4. The Morgan fingerprint density at radius 1 is 1.10 bits per heavy atom. The van der Waals surface area contributed by atoms with Gasteiger partial charge in [-0.25, -0.2) is 4.98 Å². The topological polar surface area (TPSA) is 45.2 Å². The molecule has 1 N–H and O–H groups in total. The molecule has 30 heavy (non-hydrogen) atoms. The van der Waals surface area contributed by atoms with Gasteiger partial charge in [0, 0.05) is 19.5 Å². The highest BCUT2D eigenvalue weighted by Crippen LogP contribution is 2.22. The molecule has 0 unspecified atom stereocenters. The van der Waals surface area contributed by atoms with E-state index in [0.717, 1.165) is 41.4 Å². The van der Waals surface area contributed by atoms with Crippen LogP contribution in [0.2, 0.25) is 0 Å². The zero-order valence-electron chi connectivity index (χ0n) is 17.8. The van der Waals surface area contributed by atoms with Gasteiger partial charge in [-0.3, -0.25) is 9.69 Å². The van der Waals surface area contributed by atoms with Crippen molar-refractivity contribution >= 4 is 27.5 Å². The summed E-state index contributed by atoms with van der Waals surface area (Å²) < 4.78 is 1.22. The minimum Gasteiger partial charge on any atom is -0.352 e. The van der Waals surface area contributed by atoms with E-state index < -0.39 is 0 Å².